The van der Waals surface area contributed by atoms with E-state index in [0.717, 1.165) is 0 Å². The van der Waals surface area contributed by atoms with E-state index in [2.05, 4.69) is 0 Å². The molecule has 0 heterocycles. The second kappa shape index (κ2) is 5.18. The van der Waals surface area contributed by atoms with Gasteiger partial charge in [0.1, 0.15) is 17.3 Å². The van der Waals surface area contributed by atoms with Gasteiger partial charge in [-0.3, -0.25) is 0 Å². The van der Waals surface area contributed by atoms with Crippen LogP contribution in [0.3, 0.4) is 0 Å². The molecule has 2 aromatic carbocycles. The van der Waals surface area contributed by atoms with Crippen molar-refractivity contribution >= 4 is 5.69 Å². The van der Waals surface area contributed by atoms with Gasteiger partial charge in [0.2, 0.25) is 0 Å². The lowest BCUT2D eigenvalue weighted by molar-refractivity contribution is 0.448. The van der Waals surface area contributed by atoms with Gasteiger partial charge in [0.25, 0.3) is 0 Å². The molecule has 0 aliphatic carbocycles. The summed E-state index contributed by atoms with van der Waals surface area (Å²) in [6.45, 7) is 1.88. The average molecular weight is 261 g/mol. The van der Waals surface area contributed by atoms with Gasteiger partial charge in [0.15, 0.2) is 0 Å². The van der Waals surface area contributed by atoms with Gasteiger partial charge >= 0.3 is 0 Å². The SMILES string of the molecule is CC(c1cc(O)cc(O)c1)N(C)c1ccccc1F. The Labute approximate surface area is 111 Å². The molecule has 4 heteroatoms. The van der Waals surface area contributed by atoms with Crippen LogP contribution in [0, 0.1) is 5.82 Å². The molecule has 0 saturated carbocycles. The normalized spacial score (nSPS) is 12.2. The zero-order chi connectivity index (χ0) is 14.0. The molecule has 3 nitrogen and oxygen atoms in total. The van der Waals surface area contributed by atoms with E-state index in [1.807, 2.05) is 6.92 Å². The largest absolute Gasteiger partial charge is 0.508 e. The van der Waals surface area contributed by atoms with E-state index in [4.69, 9.17) is 0 Å². The maximum absolute atomic E-state index is 13.7. The molecule has 2 N–H and O–H groups in total. The van der Waals surface area contributed by atoms with Crippen molar-refractivity contribution in [2.75, 3.05) is 11.9 Å². The summed E-state index contributed by atoms with van der Waals surface area (Å²) in [5.74, 6) is -0.325. The Hall–Kier alpha value is -2.23. The number of hydrogen-bond donors (Lipinski definition) is 2. The zero-order valence-corrected chi connectivity index (χ0v) is 10.8. The third-order valence-corrected chi connectivity index (χ3v) is 3.22. The lowest BCUT2D eigenvalue weighted by Crippen LogP contribution is -2.22. The van der Waals surface area contributed by atoms with Gasteiger partial charge in [-0.25, -0.2) is 4.39 Å². The third kappa shape index (κ3) is 2.78. The minimum Gasteiger partial charge on any atom is -0.508 e. The number of hydrogen-bond acceptors (Lipinski definition) is 3. The van der Waals surface area contributed by atoms with Crippen LogP contribution in [0.5, 0.6) is 11.5 Å². The molecule has 0 amide bonds. The van der Waals surface area contributed by atoms with Gasteiger partial charge in [-0.1, -0.05) is 12.1 Å². The summed E-state index contributed by atoms with van der Waals surface area (Å²) in [6.07, 6.45) is 0. The first kappa shape index (κ1) is 13.2. The summed E-state index contributed by atoms with van der Waals surface area (Å²) in [6, 6.07) is 10.7. The number of benzene rings is 2. The predicted octanol–water partition coefficient (Wildman–Crippen LogP) is 3.43. The van der Waals surface area contributed by atoms with Crippen molar-refractivity contribution in [2.45, 2.75) is 13.0 Å². The second-order valence-electron chi connectivity index (χ2n) is 4.52. The Morgan fingerprint density at radius 3 is 2.21 bits per heavy atom. The van der Waals surface area contributed by atoms with Crippen LogP contribution in [0.15, 0.2) is 42.5 Å². The van der Waals surface area contributed by atoms with Crippen LogP contribution in [0.1, 0.15) is 18.5 Å². The number of phenols is 2. The quantitative estimate of drug-likeness (QED) is 0.889. The average Bonchev–Trinajstić information content (AvgIpc) is 2.36. The monoisotopic (exact) mass is 261 g/mol. The van der Waals surface area contributed by atoms with Crippen LogP contribution in [0.25, 0.3) is 0 Å². The highest BCUT2D eigenvalue weighted by Crippen LogP contribution is 2.31. The van der Waals surface area contributed by atoms with E-state index in [9.17, 15) is 14.6 Å². The van der Waals surface area contributed by atoms with Gasteiger partial charge in [0, 0.05) is 13.1 Å². The number of para-hydroxylation sites is 1. The third-order valence-electron chi connectivity index (χ3n) is 3.22. The van der Waals surface area contributed by atoms with Crippen molar-refractivity contribution in [1.29, 1.82) is 0 Å². The molecule has 0 aliphatic heterocycles. The fraction of sp³-hybridized carbons (Fsp3) is 0.200. The summed E-state index contributed by atoms with van der Waals surface area (Å²) in [5.41, 5.74) is 1.18. The van der Waals surface area contributed by atoms with Crippen molar-refractivity contribution in [1.82, 2.24) is 0 Å². The molecule has 19 heavy (non-hydrogen) atoms. The van der Waals surface area contributed by atoms with Crippen molar-refractivity contribution in [3.63, 3.8) is 0 Å². The first-order valence-corrected chi connectivity index (χ1v) is 5.99. The van der Waals surface area contributed by atoms with E-state index in [1.54, 1.807) is 42.3 Å². The molecule has 1 unspecified atom stereocenters. The van der Waals surface area contributed by atoms with Crippen LogP contribution >= 0.6 is 0 Å². The summed E-state index contributed by atoms with van der Waals surface area (Å²) < 4.78 is 13.7. The number of phenolic OH excluding ortho intramolecular Hbond substituents is 2. The maximum atomic E-state index is 13.7. The Bertz CT molecular complexity index is 566. The van der Waals surface area contributed by atoms with Gasteiger partial charge in [-0.2, -0.15) is 0 Å². The molecule has 0 bridgehead atoms. The number of rotatable bonds is 3. The summed E-state index contributed by atoms with van der Waals surface area (Å²) in [5, 5.41) is 19.0. The van der Waals surface area contributed by atoms with Crippen LogP contribution < -0.4 is 4.90 Å². The molecular weight excluding hydrogens is 245 g/mol. The van der Waals surface area contributed by atoms with Crippen LogP contribution in [-0.4, -0.2) is 17.3 Å². The van der Waals surface area contributed by atoms with Crippen molar-refractivity contribution in [2.24, 2.45) is 0 Å². The van der Waals surface area contributed by atoms with Crippen molar-refractivity contribution < 1.29 is 14.6 Å². The topological polar surface area (TPSA) is 43.7 Å². The smallest absolute Gasteiger partial charge is 0.146 e. The minimum absolute atomic E-state index is 0.0104. The molecule has 2 rings (SSSR count). The molecular formula is C15H16FNO2. The molecule has 0 spiro atoms. The van der Waals surface area contributed by atoms with E-state index in [-0.39, 0.29) is 23.4 Å². The predicted molar refractivity (Wildman–Crippen MR) is 73.0 cm³/mol. The van der Waals surface area contributed by atoms with E-state index < -0.39 is 0 Å². The Balaban J connectivity index is 2.33. The minimum atomic E-state index is -0.304. The molecule has 0 aliphatic rings. The van der Waals surface area contributed by atoms with Crippen LogP contribution in [-0.2, 0) is 0 Å². The van der Waals surface area contributed by atoms with Crippen LogP contribution in [0.2, 0.25) is 0 Å². The molecule has 2 aromatic rings. The van der Waals surface area contributed by atoms with Crippen molar-refractivity contribution in [3.8, 4) is 11.5 Å². The molecule has 100 valence electrons. The van der Waals surface area contributed by atoms with Crippen LogP contribution in [0.4, 0.5) is 10.1 Å². The molecule has 0 aromatic heterocycles. The number of halogens is 1. The van der Waals surface area contributed by atoms with E-state index in [0.29, 0.717) is 11.3 Å². The summed E-state index contributed by atoms with van der Waals surface area (Å²) >= 11 is 0. The number of aromatic hydroxyl groups is 2. The first-order chi connectivity index (χ1) is 8.99. The fourth-order valence-corrected chi connectivity index (χ4v) is 2.03. The second-order valence-corrected chi connectivity index (χ2v) is 4.52. The first-order valence-electron chi connectivity index (χ1n) is 5.99. The van der Waals surface area contributed by atoms with Crippen molar-refractivity contribution in [3.05, 3.63) is 53.8 Å². The summed E-state index contributed by atoms with van der Waals surface area (Å²) in [4.78, 5) is 1.75. The highest BCUT2D eigenvalue weighted by atomic mass is 19.1. The highest BCUT2D eigenvalue weighted by Gasteiger charge is 2.16. The van der Waals surface area contributed by atoms with Gasteiger partial charge in [-0.15, -0.1) is 0 Å². The molecule has 1 atom stereocenters. The standard InChI is InChI=1S/C15H16FNO2/c1-10(11-7-12(18)9-13(19)8-11)17(2)15-6-4-3-5-14(15)16/h3-10,18-19H,1-2H3. The van der Waals surface area contributed by atoms with E-state index in [1.165, 1.54) is 12.1 Å². The lowest BCUT2D eigenvalue weighted by atomic mass is 10.1. The van der Waals surface area contributed by atoms with E-state index >= 15 is 0 Å². The number of nitrogens with zero attached hydrogens (tertiary/aromatic N) is 1. The van der Waals surface area contributed by atoms with Gasteiger partial charge in [-0.05, 0) is 36.8 Å². The van der Waals surface area contributed by atoms with Gasteiger partial charge in [0.05, 0.1) is 11.7 Å². The molecule has 0 saturated heterocycles. The Morgan fingerprint density at radius 1 is 1.05 bits per heavy atom. The Kier molecular flexibility index (Phi) is 3.60. The summed E-state index contributed by atoms with van der Waals surface area (Å²) in [7, 11) is 1.77. The van der Waals surface area contributed by atoms with Gasteiger partial charge < -0.3 is 15.1 Å². The zero-order valence-electron chi connectivity index (χ0n) is 10.8. The number of anilines is 1. The Morgan fingerprint density at radius 2 is 1.63 bits per heavy atom. The highest BCUT2D eigenvalue weighted by molar-refractivity contribution is 5.50. The molecule has 0 radical (unpaired) electrons. The maximum Gasteiger partial charge on any atom is 0.146 e. The molecule has 0 fully saturated rings. The fourth-order valence-electron chi connectivity index (χ4n) is 2.03. The lowest BCUT2D eigenvalue weighted by Gasteiger charge is -2.27.